The quantitative estimate of drug-likeness (QED) is 0.209. The number of ether oxygens (including phenoxy) is 2. The first-order valence-electron chi connectivity index (χ1n) is 12.5. The van der Waals surface area contributed by atoms with E-state index in [-0.39, 0.29) is 11.9 Å². The summed E-state index contributed by atoms with van der Waals surface area (Å²) in [4.78, 5) is 51.2. The second-order valence-corrected chi connectivity index (χ2v) is 11.7. The number of carbonyl (C=O) groups is 3. The second kappa shape index (κ2) is 15.3. The van der Waals surface area contributed by atoms with Crippen LogP contribution in [0.4, 0.5) is 4.79 Å². The summed E-state index contributed by atoms with van der Waals surface area (Å²) < 4.78 is 10.9. The molecule has 0 aliphatic rings. The van der Waals surface area contributed by atoms with Gasteiger partial charge in [0.25, 0.3) is 0 Å². The molecule has 0 fully saturated rings. The van der Waals surface area contributed by atoms with Crippen molar-refractivity contribution in [2.45, 2.75) is 74.8 Å². The number of rotatable bonds is 14. The van der Waals surface area contributed by atoms with Crippen molar-refractivity contribution in [3.63, 3.8) is 0 Å². The Morgan fingerprint density at radius 3 is 1.81 bits per heavy atom. The minimum atomic E-state index is -0.647. The monoisotopic (exact) mass is 518 g/mol. The first kappa shape index (κ1) is 34.0. The molecule has 11 heteroatoms. The van der Waals surface area contributed by atoms with E-state index in [4.69, 9.17) is 19.1 Å². The predicted molar refractivity (Wildman–Crippen MR) is 138 cm³/mol. The number of amides is 1. The smallest absolute Gasteiger partial charge is 0.410 e. The Morgan fingerprint density at radius 2 is 1.33 bits per heavy atom. The third-order valence-electron chi connectivity index (χ3n) is 4.75. The zero-order valence-electron chi connectivity index (χ0n) is 24.4. The van der Waals surface area contributed by atoms with Crippen LogP contribution in [0.25, 0.3) is 0 Å². The molecule has 0 bridgehead atoms. The lowest BCUT2D eigenvalue weighted by Gasteiger charge is -2.31. The van der Waals surface area contributed by atoms with Crippen LogP contribution in [0.1, 0.15) is 69.2 Å². The summed E-state index contributed by atoms with van der Waals surface area (Å²) in [5, 5.41) is 1.55. The molecule has 0 heterocycles. The molecule has 0 aromatic rings. The Morgan fingerprint density at radius 1 is 0.778 bits per heavy atom. The van der Waals surface area contributed by atoms with Gasteiger partial charge in [-0.1, -0.05) is 0 Å². The van der Waals surface area contributed by atoms with E-state index in [1.165, 1.54) is 0 Å². The summed E-state index contributed by atoms with van der Waals surface area (Å²) in [7, 11) is 1.59. The Labute approximate surface area is 217 Å². The summed E-state index contributed by atoms with van der Waals surface area (Å²) in [5.41, 5.74) is 0.818. The maximum Gasteiger partial charge on any atom is 0.410 e. The molecule has 36 heavy (non-hydrogen) atoms. The van der Waals surface area contributed by atoms with Crippen molar-refractivity contribution in [3.8, 4) is 0 Å². The van der Waals surface area contributed by atoms with Crippen LogP contribution in [-0.2, 0) is 28.7 Å². The second-order valence-electron chi connectivity index (χ2n) is 11.7. The fourth-order valence-corrected chi connectivity index (χ4v) is 2.53. The van der Waals surface area contributed by atoms with Crippen LogP contribution in [0, 0.1) is 10.8 Å². The van der Waals surface area contributed by atoms with Crippen molar-refractivity contribution in [2.75, 3.05) is 59.7 Å². The third-order valence-corrected chi connectivity index (χ3v) is 4.75. The largest absolute Gasteiger partial charge is 0.444 e. The van der Waals surface area contributed by atoms with Gasteiger partial charge in [0, 0.05) is 46.4 Å². The van der Waals surface area contributed by atoms with Crippen LogP contribution in [-0.4, -0.2) is 98.1 Å². The van der Waals surface area contributed by atoms with E-state index >= 15 is 0 Å². The molecule has 0 rings (SSSR count). The molecule has 0 saturated carbocycles. The minimum Gasteiger partial charge on any atom is -0.444 e. The molecular weight excluding hydrogens is 468 g/mol. The first-order chi connectivity index (χ1) is 16.4. The summed E-state index contributed by atoms with van der Waals surface area (Å²) in [6, 6.07) is 0. The molecule has 0 radical (unpaired) electrons. The molecule has 0 aliphatic carbocycles. The highest BCUT2D eigenvalue weighted by atomic mass is 16.7. The number of nitrogens with one attached hydrogen (secondary N) is 1. The number of hydrogen-bond acceptors (Lipinski definition) is 10. The Kier molecular flexibility index (Phi) is 14.5. The maximum absolute atomic E-state index is 12.9. The van der Waals surface area contributed by atoms with Gasteiger partial charge >= 0.3 is 18.0 Å². The van der Waals surface area contributed by atoms with Gasteiger partial charge in [0.2, 0.25) is 0 Å². The predicted octanol–water partition coefficient (Wildman–Crippen LogP) is 3.05. The molecule has 0 atom stereocenters. The van der Waals surface area contributed by atoms with Gasteiger partial charge < -0.3 is 24.0 Å². The summed E-state index contributed by atoms with van der Waals surface area (Å²) in [6.45, 7) is 21.3. The molecule has 0 aromatic carbocycles. The standard InChI is InChI=1S/C25H50N4O7/c1-12-29(36-21(31)24(5,6)7)18-17-28(22(32)34-25(8,9)10)16-15-27(19-33-11)14-13-26-35-20(30)23(2,3)4/h26H,12-19H2,1-11H3. The zero-order valence-corrected chi connectivity index (χ0v) is 24.4. The van der Waals surface area contributed by atoms with Gasteiger partial charge in [0.15, 0.2) is 0 Å². The number of hydrogen-bond donors (Lipinski definition) is 1. The average Bonchev–Trinajstić information content (AvgIpc) is 2.72. The van der Waals surface area contributed by atoms with Gasteiger partial charge in [-0.2, -0.15) is 5.48 Å². The Bertz CT molecular complexity index is 681. The van der Waals surface area contributed by atoms with Gasteiger partial charge in [0.05, 0.1) is 24.1 Å². The number of likely N-dealkylation sites (N-methyl/N-ethyl adjacent to an activating group) is 1. The maximum atomic E-state index is 12.9. The molecule has 212 valence electrons. The summed E-state index contributed by atoms with van der Waals surface area (Å²) >= 11 is 0. The molecule has 0 saturated heterocycles. The number of methoxy groups -OCH3 is 1. The lowest BCUT2D eigenvalue weighted by molar-refractivity contribution is -0.200. The van der Waals surface area contributed by atoms with E-state index in [2.05, 4.69) is 5.48 Å². The van der Waals surface area contributed by atoms with Crippen LogP contribution in [0.2, 0.25) is 0 Å². The van der Waals surface area contributed by atoms with Crippen molar-refractivity contribution >= 4 is 18.0 Å². The van der Waals surface area contributed by atoms with Gasteiger partial charge in [-0.25, -0.2) is 14.4 Å². The molecule has 1 amide bonds. The van der Waals surface area contributed by atoms with E-state index in [0.29, 0.717) is 52.5 Å². The van der Waals surface area contributed by atoms with Crippen LogP contribution in [0.5, 0.6) is 0 Å². The van der Waals surface area contributed by atoms with Crippen LogP contribution in [0.3, 0.4) is 0 Å². The van der Waals surface area contributed by atoms with Crippen LogP contribution >= 0.6 is 0 Å². The molecule has 0 spiro atoms. The first-order valence-corrected chi connectivity index (χ1v) is 12.5. The molecule has 0 aliphatic heterocycles. The zero-order chi connectivity index (χ0) is 28.2. The Balaban J connectivity index is 5.10. The average molecular weight is 519 g/mol. The highest BCUT2D eigenvalue weighted by molar-refractivity contribution is 5.75. The lowest BCUT2D eigenvalue weighted by Crippen LogP contribution is -2.46. The van der Waals surface area contributed by atoms with E-state index < -0.39 is 22.5 Å². The van der Waals surface area contributed by atoms with E-state index in [1.807, 2.05) is 32.6 Å². The van der Waals surface area contributed by atoms with Gasteiger partial charge in [-0.05, 0) is 69.2 Å². The van der Waals surface area contributed by atoms with E-state index in [9.17, 15) is 14.4 Å². The minimum absolute atomic E-state index is 0.308. The molecular formula is C25H50N4O7. The van der Waals surface area contributed by atoms with Crippen molar-refractivity contribution < 1.29 is 33.5 Å². The van der Waals surface area contributed by atoms with E-state index in [1.54, 1.807) is 58.6 Å². The lowest BCUT2D eigenvalue weighted by atomic mass is 9.98. The number of nitrogens with zero attached hydrogens (tertiary/aromatic N) is 3. The topological polar surface area (TPSA) is 110 Å². The SMILES string of the molecule is CCN(CCN(CCN(CCNOC(=O)C(C)(C)C)COC)C(=O)OC(C)(C)C)OC(=O)C(C)(C)C. The molecule has 1 N–H and O–H groups in total. The number of hydroxylamine groups is 3. The van der Waals surface area contributed by atoms with Gasteiger partial charge in [-0.3, -0.25) is 4.90 Å². The van der Waals surface area contributed by atoms with Crippen molar-refractivity contribution in [1.82, 2.24) is 20.3 Å². The van der Waals surface area contributed by atoms with Crippen LogP contribution < -0.4 is 5.48 Å². The normalized spacial score (nSPS) is 12.6. The molecule has 0 aromatic heterocycles. The van der Waals surface area contributed by atoms with Crippen molar-refractivity contribution in [1.29, 1.82) is 0 Å². The highest BCUT2D eigenvalue weighted by Gasteiger charge is 2.27. The highest BCUT2D eigenvalue weighted by Crippen LogP contribution is 2.16. The van der Waals surface area contributed by atoms with Gasteiger partial charge in [0.1, 0.15) is 5.60 Å². The number of carbonyl (C=O) groups excluding carboxylic acids is 3. The van der Waals surface area contributed by atoms with Gasteiger partial charge in [-0.15, -0.1) is 5.06 Å². The fraction of sp³-hybridized carbons (Fsp3) is 0.880. The Hall–Kier alpha value is -1.95. The van der Waals surface area contributed by atoms with E-state index in [0.717, 1.165) is 0 Å². The van der Waals surface area contributed by atoms with Crippen LogP contribution in [0.15, 0.2) is 0 Å². The molecule has 11 nitrogen and oxygen atoms in total. The summed E-state index contributed by atoms with van der Waals surface area (Å²) in [5.74, 6) is -0.677. The third kappa shape index (κ3) is 15.2. The van der Waals surface area contributed by atoms with Crippen molar-refractivity contribution in [3.05, 3.63) is 0 Å². The van der Waals surface area contributed by atoms with Crippen molar-refractivity contribution in [2.24, 2.45) is 10.8 Å². The summed E-state index contributed by atoms with van der Waals surface area (Å²) in [6.07, 6.45) is -0.449. The fourth-order valence-electron chi connectivity index (χ4n) is 2.53. The molecule has 0 unspecified atom stereocenters.